The van der Waals surface area contributed by atoms with Crippen LogP contribution in [0, 0.1) is 12.8 Å². The number of amides is 1. The van der Waals surface area contributed by atoms with Crippen LogP contribution in [-0.2, 0) is 4.74 Å². The number of aromatic nitrogens is 2. The van der Waals surface area contributed by atoms with E-state index in [0.717, 1.165) is 11.3 Å². The van der Waals surface area contributed by atoms with Crippen molar-refractivity contribution in [1.82, 2.24) is 9.97 Å². The van der Waals surface area contributed by atoms with Gasteiger partial charge in [-0.15, -0.1) is 0 Å². The van der Waals surface area contributed by atoms with Crippen LogP contribution < -0.4 is 5.32 Å². The average molecular weight is 319 g/mol. The molecule has 2 heterocycles. The highest BCUT2D eigenvalue weighted by Gasteiger charge is 2.18. The molecule has 2 aromatic heterocycles. The van der Waals surface area contributed by atoms with Crippen molar-refractivity contribution >= 4 is 28.3 Å². The van der Waals surface area contributed by atoms with Gasteiger partial charge in [0, 0.05) is 18.0 Å². The van der Waals surface area contributed by atoms with Crippen molar-refractivity contribution in [3.8, 4) is 0 Å². The molecule has 2 rings (SSSR count). The molecule has 0 saturated carbocycles. The summed E-state index contributed by atoms with van der Waals surface area (Å²) in [5, 5.41) is 3.04. The molecular formula is C15H17N3O3S. The van der Waals surface area contributed by atoms with Gasteiger partial charge in [0.2, 0.25) is 0 Å². The Morgan fingerprint density at radius 2 is 2.00 bits per heavy atom. The van der Waals surface area contributed by atoms with Gasteiger partial charge in [-0.1, -0.05) is 25.2 Å². The molecule has 22 heavy (non-hydrogen) atoms. The van der Waals surface area contributed by atoms with E-state index in [1.54, 1.807) is 19.1 Å². The smallest absolute Gasteiger partial charge is 0.350 e. The van der Waals surface area contributed by atoms with Crippen molar-refractivity contribution < 1.29 is 14.3 Å². The maximum atomic E-state index is 12.0. The number of nitrogens with zero attached hydrogens (tertiary/aromatic N) is 2. The zero-order chi connectivity index (χ0) is 16.1. The lowest BCUT2D eigenvalue weighted by molar-refractivity contribution is 0.0463. The van der Waals surface area contributed by atoms with Gasteiger partial charge in [0.25, 0.3) is 5.91 Å². The predicted octanol–water partition coefficient (Wildman–Crippen LogP) is 2.91. The first-order valence-corrected chi connectivity index (χ1v) is 7.65. The Hall–Kier alpha value is -2.28. The van der Waals surface area contributed by atoms with Crippen molar-refractivity contribution in [2.24, 2.45) is 5.92 Å². The lowest BCUT2D eigenvalue weighted by Crippen LogP contribution is -2.11. The number of ether oxygens (including phenoxy) is 1. The summed E-state index contributed by atoms with van der Waals surface area (Å²) in [4.78, 5) is 32.5. The lowest BCUT2D eigenvalue weighted by atomic mass is 10.2. The fourth-order valence-electron chi connectivity index (χ4n) is 1.62. The second-order valence-corrected chi connectivity index (χ2v) is 6.11. The molecule has 0 aliphatic heterocycles. The van der Waals surface area contributed by atoms with Gasteiger partial charge in [0.1, 0.15) is 4.88 Å². The maximum Gasteiger partial charge on any atom is 0.350 e. The minimum absolute atomic E-state index is 0.267. The Labute approximate surface area is 132 Å². The summed E-state index contributed by atoms with van der Waals surface area (Å²) in [7, 11) is 0. The third kappa shape index (κ3) is 4.11. The number of pyridine rings is 1. The number of hydrogen-bond acceptors (Lipinski definition) is 6. The number of aryl methyl sites for hydroxylation is 1. The molecular weight excluding hydrogens is 302 g/mol. The van der Waals surface area contributed by atoms with E-state index in [-0.39, 0.29) is 11.8 Å². The van der Waals surface area contributed by atoms with E-state index in [1.807, 2.05) is 13.8 Å². The number of rotatable bonds is 5. The quantitative estimate of drug-likeness (QED) is 0.857. The van der Waals surface area contributed by atoms with E-state index in [1.165, 1.54) is 12.4 Å². The second-order valence-electron chi connectivity index (χ2n) is 5.12. The molecule has 1 amide bonds. The van der Waals surface area contributed by atoms with E-state index in [2.05, 4.69) is 15.3 Å². The summed E-state index contributed by atoms with van der Waals surface area (Å²) in [6.07, 6.45) is 3.08. The lowest BCUT2D eigenvalue weighted by Gasteiger charge is -2.05. The molecule has 0 atom stereocenters. The van der Waals surface area contributed by atoms with Crippen molar-refractivity contribution in [2.45, 2.75) is 20.8 Å². The van der Waals surface area contributed by atoms with Crippen molar-refractivity contribution in [1.29, 1.82) is 0 Å². The summed E-state index contributed by atoms with van der Waals surface area (Å²) in [6.45, 7) is 6.00. The highest BCUT2D eigenvalue weighted by atomic mass is 32.1. The molecule has 1 N–H and O–H groups in total. The van der Waals surface area contributed by atoms with Crippen LogP contribution in [0.2, 0.25) is 0 Å². The van der Waals surface area contributed by atoms with Gasteiger partial charge in [-0.05, 0) is 25.0 Å². The number of esters is 1. The summed E-state index contributed by atoms with van der Waals surface area (Å²) >= 11 is 1.11. The van der Waals surface area contributed by atoms with Crippen LogP contribution in [0.4, 0.5) is 5.13 Å². The molecule has 0 aliphatic rings. The third-order valence-corrected chi connectivity index (χ3v) is 3.75. The molecule has 116 valence electrons. The summed E-state index contributed by atoms with van der Waals surface area (Å²) in [5.74, 6) is -0.436. The molecule has 0 unspecified atom stereocenters. The van der Waals surface area contributed by atoms with Crippen LogP contribution in [0.5, 0.6) is 0 Å². The van der Waals surface area contributed by atoms with Gasteiger partial charge >= 0.3 is 5.97 Å². The van der Waals surface area contributed by atoms with Gasteiger partial charge < -0.3 is 4.74 Å². The number of anilines is 1. The Kier molecular flexibility index (Phi) is 5.21. The number of carbonyl (C=O) groups excluding carboxylic acids is 2. The zero-order valence-electron chi connectivity index (χ0n) is 12.6. The van der Waals surface area contributed by atoms with E-state index >= 15 is 0 Å². The van der Waals surface area contributed by atoms with Gasteiger partial charge in [-0.3, -0.25) is 15.1 Å². The zero-order valence-corrected chi connectivity index (χ0v) is 13.4. The maximum absolute atomic E-state index is 12.0. The first kappa shape index (κ1) is 16.1. The Bertz CT molecular complexity index is 668. The largest absolute Gasteiger partial charge is 0.461 e. The normalized spacial score (nSPS) is 10.5. The molecule has 2 aromatic rings. The van der Waals surface area contributed by atoms with E-state index in [9.17, 15) is 9.59 Å². The summed E-state index contributed by atoms with van der Waals surface area (Å²) < 4.78 is 5.18. The van der Waals surface area contributed by atoms with Crippen LogP contribution in [-0.4, -0.2) is 28.5 Å². The van der Waals surface area contributed by atoms with Gasteiger partial charge in [-0.2, -0.15) is 0 Å². The molecule has 0 fully saturated rings. The monoisotopic (exact) mass is 319 g/mol. The fraction of sp³-hybridized carbons (Fsp3) is 0.333. The van der Waals surface area contributed by atoms with Crippen molar-refractivity contribution in [2.75, 3.05) is 11.9 Å². The van der Waals surface area contributed by atoms with Gasteiger partial charge in [-0.25, -0.2) is 9.78 Å². The number of carbonyl (C=O) groups is 2. The van der Waals surface area contributed by atoms with Crippen LogP contribution in [0.3, 0.4) is 0 Å². The highest BCUT2D eigenvalue weighted by Crippen LogP contribution is 2.24. The Balaban J connectivity index is 2.06. The molecule has 0 spiro atoms. The SMILES string of the molecule is Cc1nc(NC(=O)c2ccncc2)sc1C(=O)OCC(C)C. The Morgan fingerprint density at radius 1 is 1.32 bits per heavy atom. The van der Waals surface area contributed by atoms with Gasteiger partial charge in [0.05, 0.1) is 12.3 Å². The van der Waals surface area contributed by atoms with E-state index in [0.29, 0.717) is 27.9 Å². The van der Waals surface area contributed by atoms with Crippen LogP contribution in [0.25, 0.3) is 0 Å². The molecule has 0 bridgehead atoms. The molecule has 0 aromatic carbocycles. The third-order valence-electron chi connectivity index (χ3n) is 2.69. The van der Waals surface area contributed by atoms with E-state index < -0.39 is 5.97 Å². The first-order chi connectivity index (χ1) is 10.5. The highest BCUT2D eigenvalue weighted by molar-refractivity contribution is 7.17. The standard InChI is InChI=1S/C15H17N3O3S/c1-9(2)8-21-14(20)12-10(3)17-15(22-12)18-13(19)11-4-6-16-7-5-11/h4-7,9H,8H2,1-3H3,(H,17,18,19). The fourth-order valence-corrected chi connectivity index (χ4v) is 2.48. The average Bonchev–Trinajstić information content (AvgIpc) is 2.86. The first-order valence-electron chi connectivity index (χ1n) is 6.83. The topological polar surface area (TPSA) is 81.2 Å². The number of nitrogens with one attached hydrogen (secondary N) is 1. The Morgan fingerprint density at radius 3 is 2.64 bits per heavy atom. The summed E-state index contributed by atoms with van der Waals surface area (Å²) in [6, 6.07) is 3.21. The molecule has 0 aliphatic carbocycles. The summed E-state index contributed by atoms with van der Waals surface area (Å²) in [5.41, 5.74) is 1.02. The van der Waals surface area contributed by atoms with E-state index in [4.69, 9.17) is 4.74 Å². The minimum Gasteiger partial charge on any atom is -0.461 e. The van der Waals surface area contributed by atoms with Crippen LogP contribution in [0.15, 0.2) is 24.5 Å². The molecule has 0 radical (unpaired) electrons. The predicted molar refractivity (Wildman–Crippen MR) is 84.2 cm³/mol. The number of hydrogen-bond donors (Lipinski definition) is 1. The molecule has 7 heteroatoms. The van der Waals surface area contributed by atoms with Crippen LogP contribution >= 0.6 is 11.3 Å². The van der Waals surface area contributed by atoms with Crippen molar-refractivity contribution in [3.05, 3.63) is 40.7 Å². The number of thiazole rings is 1. The minimum atomic E-state index is -0.409. The second kappa shape index (κ2) is 7.13. The van der Waals surface area contributed by atoms with Crippen LogP contribution in [0.1, 0.15) is 39.6 Å². The van der Waals surface area contributed by atoms with Crippen molar-refractivity contribution in [3.63, 3.8) is 0 Å². The van der Waals surface area contributed by atoms with Gasteiger partial charge in [0.15, 0.2) is 5.13 Å². The molecule has 6 nitrogen and oxygen atoms in total. The molecule has 0 saturated heterocycles.